The third-order valence-corrected chi connectivity index (χ3v) is 2.84. The lowest BCUT2D eigenvalue weighted by molar-refractivity contribution is 0.687. The van der Waals surface area contributed by atoms with Crippen molar-refractivity contribution in [1.82, 2.24) is 9.97 Å². The summed E-state index contributed by atoms with van der Waals surface area (Å²) in [7, 11) is 0. The molecule has 1 aromatic heterocycles. The summed E-state index contributed by atoms with van der Waals surface area (Å²) in [6.45, 7) is 7.06. The molecule has 0 radical (unpaired) electrons. The molecule has 2 N–H and O–H groups in total. The number of nitrogens with zero attached hydrogens (tertiary/aromatic N) is 3. The van der Waals surface area contributed by atoms with E-state index >= 15 is 0 Å². The molecule has 1 heterocycles. The maximum Gasteiger partial charge on any atom is 0.229 e. The number of anilines is 3. The number of nitriles is 1. The van der Waals surface area contributed by atoms with Crippen molar-refractivity contribution < 1.29 is 0 Å². The van der Waals surface area contributed by atoms with Crippen LogP contribution in [0.5, 0.6) is 0 Å². The van der Waals surface area contributed by atoms with Gasteiger partial charge in [0.2, 0.25) is 5.95 Å². The molecule has 0 aliphatic rings. The smallest absolute Gasteiger partial charge is 0.229 e. The monoisotopic (exact) mass is 281 g/mol. The Morgan fingerprint density at radius 2 is 2.00 bits per heavy atom. The van der Waals surface area contributed by atoms with Gasteiger partial charge in [-0.2, -0.15) is 10.2 Å². The minimum absolute atomic E-state index is 0.490. The van der Waals surface area contributed by atoms with E-state index in [4.69, 9.17) is 5.26 Å². The SMILES string of the molecule is Cc1cc(NCC(C)C)nc(Nc2ccccc2C#N)n1. The summed E-state index contributed by atoms with van der Waals surface area (Å²) in [6, 6.07) is 11.4. The molecule has 0 aliphatic carbocycles. The van der Waals surface area contributed by atoms with Gasteiger partial charge in [-0.15, -0.1) is 0 Å². The van der Waals surface area contributed by atoms with E-state index in [0.29, 0.717) is 23.1 Å². The first-order chi connectivity index (χ1) is 10.1. The lowest BCUT2D eigenvalue weighted by Crippen LogP contribution is -2.11. The van der Waals surface area contributed by atoms with Crippen molar-refractivity contribution in [3.05, 3.63) is 41.6 Å². The van der Waals surface area contributed by atoms with Crippen LogP contribution in [0.2, 0.25) is 0 Å². The quantitative estimate of drug-likeness (QED) is 0.877. The van der Waals surface area contributed by atoms with Crippen molar-refractivity contribution in [2.45, 2.75) is 20.8 Å². The van der Waals surface area contributed by atoms with Crippen LogP contribution in [0.3, 0.4) is 0 Å². The number of para-hydroxylation sites is 1. The van der Waals surface area contributed by atoms with Crippen molar-refractivity contribution in [2.75, 3.05) is 17.2 Å². The number of nitrogens with one attached hydrogen (secondary N) is 2. The lowest BCUT2D eigenvalue weighted by Gasteiger charge is -2.11. The van der Waals surface area contributed by atoms with Crippen LogP contribution in [-0.2, 0) is 0 Å². The molecule has 0 bridgehead atoms. The molecule has 5 nitrogen and oxygen atoms in total. The fourth-order valence-corrected chi connectivity index (χ4v) is 1.83. The Kier molecular flexibility index (Phi) is 4.72. The molecule has 2 aromatic rings. The fraction of sp³-hybridized carbons (Fsp3) is 0.312. The summed E-state index contributed by atoms with van der Waals surface area (Å²) in [6.07, 6.45) is 0. The Morgan fingerprint density at radius 1 is 1.24 bits per heavy atom. The van der Waals surface area contributed by atoms with Gasteiger partial charge in [0.15, 0.2) is 0 Å². The average Bonchev–Trinajstić information content (AvgIpc) is 2.45. The topological polar surface area (TPSA) is 73.6 Å². The first-order valence-corrected chi connectivity index (χ1v) is 6.94. The van der Waals surface area contributed by atoms with Crippen LogP contribution in [0.25, 0.3) is 0 Å². The predicted molar refractivity (Wildman–Crippen MR) is 84.5 cm³/mol. The summed E-state index contributed by atoms with van der Waals surface area (Å²) in [5.74, 6) is 1.81. The fourth-order valence-electron chi connectivity index (χ4n) is 1.83. The molecule has 108 valence electrons. The highest BCUT2D eigenvalue weighted by Crippen LogP contribution is 2.19. The second kappa shape index (κ2) is 6.71. The molecule has 5 heteroatoms. The van der Waals surface area contributed by atoms with Gasteiger partial charge >= 0.3 is 0 Å². The maximum absolute atomic E-state index is 9.11. The summed E-state index contributed by atoms with van der Waals surface area (Å²) in [4.78, 5) is 8.79. The maximum atomic E-state index is 9.11. The van der Waals surface area contributed by atoms with E-state index in [1.165, 1.54) is 0 Å². The summed E-state index contributed by atoms with van der Waals surface area (Å²) < 4.78 is 0. The Bertz CT molecular complexity index is 658. The van der Waals surface area contributed by atoms with Gasteiger partial charge in [-0.25, -0.2) is 4.98 Å². The molecule has 1 aromatic carbocycles. The van der Waals surface area contributed by atoms with Crippen LogP contribution in [0.15, 0.2) is 30.3 Å². The van der Waals surface area contributed by atoms with Crippen LogP contribution in [0.4, 0.5) is 17.5 Å². The molecular formula is C16H19N5. The normalized spacial score (nSPS) is 10.2. The molecule has 0 saturated carbocycles. The lowest BCUT2D eigenvalue weighted by atomic mass is 10.2. The van der Waals surface area contributed by atoms with E-state index in [1.54, 1.807) is 6.07 Å². The Hall–Kier alpha value is -2.61. The largest absolute Gasteiger partial charge is 0.370 e. The Balaban J connectivity index is 2.22. The van der Waals surface area contributed by atoms with Crippen LogP contribution in [0, 0.1) is 24.2 Å². The average molecular weight is 281 g/mol. The van der Waals surface area contributed by atoms with E-state index in [2.05, 4.69) is 40.5 Å². The molecule has 0 atom stereocenters. The summed E-state index contributed by atoms with van der Waals surface area (Å²) in [5, 5.41) is 15.5. The zero-order chi connectivity index (χ0) is 15.2. The minimum atomic E-state index is 0.490. The molecule has 0 saturated heterocycles. The predicted octanol–water partition coefficient (Wildman–Crippen LogP) is 3.47. The van der Waals surface area contributed by atoms with Gasteiger partial charge in [-0.3, -0.25) is 0 Å². The van der Waals surface area contributed by atoms with Crippen LogP contribution in [-0.4, -0.2) is 16.5 Å². The summed E-state index contributed by atoms with van der Waals surface area (Å²) in [5.41, 5.74) is 2.15. The van der Waals surface area contributed by atoms with Crippen LogP contribution in [0.1, 0.15) is 25.1 Å². The zero-order valence-corrected chi connectivity index (χ0v) is 12.5. The molecule has 0 amide bonds. The highest BCUT2D eigenvalue weighted by Gasteiger charge is 2.06. The molecular weight excluding hydrogens is 262 g/mol. The van der Waals surface area contributed by atoms with Crippen molar-refractivity contribution in [3.63, 3.8) is 0 Å². The van der Waals surface area contributed by atoms with Crippen LogP contribution >= 0.6 is 0 Å². The van der Waals surface area contributed by atoms with Crippen LogP contribution < -0.4 is 10.6 Å². The third-order valence-electron chi connectivity index (χ3n) is 2.84. The van der Waals surface area contributed by atoms with Gasteiger partial charge in [0.1, 0.15) is 11.9 Å². The van der Waals surface area contributed by atoms with Gasteiger partial charge < -0.3 is 10.6 Å². The van der Waals surface area contributed by atoms with Crippen molar-refractivity contribution >= 4 is 17.5 Å². The van der Waals surface area contributed by atoms with Gasteiger partial charge in [0.25, 0.3) is 0 Å². The highest BCUT2D eigenvalue weighted by molar-refractivity contribution is 5.63. The van der Waals surface area contributed by atoms with E-state index in [1.807, 2.05) is 31.2 Å². The first-order valence-electron chi connectivity index (χ1n) is 6.94. The minimum Gasteiger partial charge on any atom is -0.370 e. The number of aryl methyl sites for hydroxylation is 1. The molecule has 2 rings (SSSR count). The van der Waals surface area contributed by atoms with Gasteiger partial charge in [0, 0.05) is 18.3 Å². The van der Waals surface area contributed by atoms with Crippen molar-refractivity contribution in [3.8, 4) is 6.07 Å². The van der Waals surface area contributed by atoms with E-state index in [0.717, 1.165) is 18.1 Å². The first kappa shape index (κ1) is 14.8. The molecule has 0 fully saturated rings. The third kappa shape index (κ3) is 4.18. The van der Waals surface area contributed by atoms with Gasteiger partial charge in [-0.1, -0.05) is 26.0 Å². The number of hydrogen-bond donors (Lipinski definition) is 2. The van der Waals surface area contributed by atoms with E-state index < -0.39 is 0 Å². The Labute approximate surface area is 125 Å². The standard InChI is InChI=1S/C16H19N5/c1-11(2)10-18-15-8-12(3)19-16(21-15)20-14-7-5-4-6-13(14)9-17/h4-8,11H,10H2,1-3H3,(H2,18,19,20,21). The number of aromatic nitrogens is 2. The number of benzene rings is 1. The zero-order valence-electron chi connectivity index (χ0n) is 12.5. The Morgan fingerprint density at radius 3 is 2.71 bits per heavy atom. The summed E-state index contributed by atoms with van der Waals surface area (Å²) >= 11 is 0. The van der Waals surface area contributed by atoms with Crippen molar-refractivity contribution in [2.24, 2.45) is 5.92 Å². The van der Waals surface area contributed by atoms with Gasteiger partial charge in [-0.05, 0) is 25.0 Å². The molecule has 21 heavy (non-hydrogen) atoms. The molecule has 0 spiro atoms. The number of hydrogen-bond acceptors (Lipinski definition) is 5. The van der Waals surface area contributed by atoms with E-state index in [-0.39, 0.29) is 0 Å². The molecule has 0 unspecified atom stereocenters. The second-order valence-electron chi connectivity index (χ2n) is 5.28. The highest BCUT2D eigenvalue weighted by atomic mass is 15.1. The van der Waals surface area contributed by atoms with Gasteiger partial charge in [0.05, 0.1) is 11.3 Å². The van der Waals surface area contributed by atoms with E-state index in [9.17, 15) is 0 Å². The number of rotatable bonds is 5. The van der Waals surface area contributed by atoms with Crippen molar-refractivity contribution in [1.29, 1.82) is 5.26 Å². The second-order valence-corrected chi connectivity index (χ2v) is 5.28. The molecule has 0 aliphatic heterocycles.